The molecular weight excluding hydrogens is 296 g/mol. The maximum Gasteiger partial charge on any atom is 0.275 e. The molecule has 0 saturated heterocycles. The molecule has 1 N–H and O–H groups in total. The molecule has 2 heterocycles. The van der Waals surface area contributed by atoms with Gasteiger partial charge in [-0.05, 0) is 18.8 Å². The zero-order chi connectivity index (χ0) is 15.4. The van der Waals surface area contributed by atoms with E-state index in [1.54, 1.807) is 6.07 Å². The van der Waals surface area contributed by atoms with E-state index >= 15 is 0 Å². The van der Waals surface area contributed by atoms with Crippen molar-refractivity contribution in [1.29, 1.82) is 0 Å². The third-order valence-corrected chi connectivity index (χ3v) is 5.22. The van der Waals surface area contributed by atoms with Crippen LogP contribution in [0.25, 0.3) is 4.96 Å². The first kappa shape index (κ1) is 15.5. The lowest BCUT2D eigenvalue weighted by Crippen LogP contribution is -2.16. The van der Waals surface area contributed by atoms with Crippen LogP contribution in [-0.2, 0) is 6.42 Å². The van der Waals surface area contributed by atoms with Crippen molar-refractivity contribution in [3.8, 4) is 0 Å². The van der Waals surface area contributed by atoms with Gasteiger partial charge in [-0.3, -0.25) is 4.79 Å². The van der Waals surface area contributed by atoms with Gasteiger partial charge in [0.05, 0.1) is 0 Å². The van der Waals surface area contributed by atoms with E-state index in [1.807, 2.05) is 0 Å². The molecule has 1 fully saturated rings. The van der Waals surface area contributed by atoms with Gasteiger partial charge in [0, 0.05) is 18.3 Å². The summed E-state index contributed by atoms with van der Waals surface area (Å²) in [5, 5.41) is 8.51. The highest BCUT2D eigenvalue weighted by Crippen LogP contribution is 2.26. The maximum absolute atomic E-state index is 12.0. The largest absolute Gasteiger partial charge is 0.360 e. The maximum atomic E-state index is 12.0. The summed E-state index contributed by atoms with van der Waals surface area (Å²) in [6.45, 7) is 3.02. The van der Waals surface area contributed by atoms with Crippen LogP contribution >= 0.6 is 11.3 Å². The molecule has 6 heteroatoms. The number of nitrogens with one attached hydrogen (secondary N) is 1. The number of hydrogen-bond acceptors (Lipinski definition) is 5. The summed E-state index contributed by atoms with van der Waals surface area (Å²) in [4.78, 5) is 17.3. The van der Waals surface area contributed by atoms with Gasteiger partial charge in [-0.15, -0.1) is 5.10 Å². The second kappa shape index (κ2) is 7.22. The van der Waals surface area contributed by atoms with E-state index in [0.717, 1.165) is 36.1 Å². The van der Waals surface area contributed by atoms with Crippen LogP contribution in [0.2, 0.25) is 0 Å². The number of hydrogen-bond donors (Lipinski definition) is 1. The summed E-state index contributed by atoms with van der Waals surface area (Å²) in [6.07, 6.45) is 9.92. The van der Waals surface area contributed by atoms with Gasteiger partial charge in [0.1, 0.15) is 0 Å². The number of anilines is 1. The molecule has 22 heavy (non-hydrogen) atoms. The first-order valence-corrected chi connectivity index (χ1v) is 9.21. The van der Waals surface area contributed by atoms with Gasteiger partial charge in [-0.1, -0.05) is 56.8 Å². The predicted molar refractivity (Wildman–Crippen MR) is 90.8 cm³/mol. The second-order valence-electron chi connectivity index (χ2n) is 6.16. The Balaban J connectivity index is 1.64. The third kappa shape index (κ3) is 3.66. The van der Waals surface area contributed by atoms with E-state index in [4.69, 9.17) is 0 Å². The average Bonchev–Trinajstić information content (AvgIpc) is 2.92. The molecule has 5 nitrogen and oxygen atoms in total. The molecule has 0 bridgehead atoms. The number of aryl methyl sites for hydroxylation is 1. The SMILES string of the molecule is CCCc1cc(=O)n2nc(NCCC3CCCCC3)sc2n1. The molecule has 2 aromatic heterocycles. The minimum atomic E-state index is -0.0787. The molecule has 1 saturated carbocycles. The van der Waals surface area contributed by atoms with Crippen molar-refractivity contribution in [2.24, 2.45) is 5.92 Å². The second-order valence-corrected chi connectivity index (χ2v) is 7.11. The van der Waals surface area contributed by atoms with Gasteiger partial charge in [0.2, 0.25) is 10.1 Å². The molecule has 0 amide bonds. The van der Waals surface area contributed by atoms with Crippen LogP contribution in [0.4, 0.5) is 5.13 Å². The van der Waals surface area contributed by atoms with Crippen LogP contribution in [0.1, 0.15) is 57.6 Å². The first-order chi connectivity index (χ1) is 10.8. The smallest absolute Gasteiger partial charge is 0.275 e. The Kier molecular flexibility index (Phi) is 5.08. The molecular formula is C16H24N4OS. The van der Waals surface area contributed by atoms with Gasteiger partial charge in [0.25, 0.3) is 5.56 Å². The topological polar surface area (TPSA) is 59.3 Å². The van der Waals surface area contributed by atoms with E-state index in [2.05, 4.69) is 22.3 Å². The molecule has 0 aliphatic heterocycles. The molecule has 0 unspecified atom stereocenters. The van der Waals surface area contributed by atoms with Crippen LogP contribution in [0.3, 0.4) is 0 Å². The Morgan fingerprint density at radius 1 is 1.36 bits per heavy atom. The fourth-order valence-electron chi connectivity index (χ4n) is 3.17. The van der Waals surface area contributed by atoms with Crippen molar-refractivity contribution in [2.75, 3.05) is 11.9 Å². The predicted octanol–water partition coefficient (Wildman–Crippen LogP) is 3.49. The Labute approximate surface area is 134 Å². The summed E-state index contributed by atoms with van der Waals surface area (Å²) in [5.41, 5.74) is 0.787. The highest BCUT2D eigenvalue weighted by atomic mass is 32.1. The fraction of sp³-hybridized carbons (Fsp3) is 0.688. The molecule has 0 radical (unpaired) electrons. The Morgan fingerprint density at radius 3 is 2.95 bits per heavy atom. The highest BCUT2D eigenvalue weighted by molar-refractivity contribution is 7.20. The van der Waals surface area contributed by atoms with Crippen LogP contribution < -0.4 is 10.9 Å². The molecule has 120 valence electrons. The first-order valence-electron chi connectivity index (χ1n) is 8.40. The minimum Gasteiger partial charge on any atom is -0.360 e. The van der Waals surface area contributed by atoms with E-state index in [1.165, 1.54) is 54.4 Å². The normalized spacial score (nSPS) is 16.2. The number of fused-ring (bicyclic) bond motifs is 1. The summed E-state index contributed by atoms with van der Waals surface area (Å²) in [5.74, 6) is 0.854. The van der Waals surface area contributed by atoms with Crippen molar-refractivity contribution < 1.29 is 0 Å². The van der Waals surface area contributed by atoms with Gasteiger partial charge in [-0.2, -0.15) is 4.52 Å². The van der Waals surface area contributed by atoms with Crippen LogP contribution in [0.15, 0.2) is 10.9 Å². The lowest BCUT2D eigenvalue weighted by atomic mass is 9.87. The van der Waals surface area contributed by atoms with E-state index in [-0.39, 0.29) is 5.56 Å². The molecule has 2 aromatic rings. The van der Waals surface area contributed by atoms with Crippen molar-refractivity contribution in [3.05, 3.63) is 22.1 Å². The summed E-state index contributed by atoms with van der Waals surface area (Å²) < 4.78 is 1.41. The Hall–Kier alpha value is -1.43. The van der Waals surface area contributed by atoms with Crippen molar-refractivity contribution in [1.82, 2.24) is 14.6 Å². The van der Waals surface area contributed by atoms with Crippen molar-refractivity contribution >= 4 is 21.4 Å². The summed E-state index contributed by atoms with van der Waals surface area (Å²) >= 11 is 1.47. The lowest BCUT2D eigenvalue weighted by molar-refractivity contribution is 0.345. The van der Waals surface area contributed by atoms with Crippen LogP contribution in [-0.4, -0.2) is 21.1 Å². The third-order valence-electron chi connectivity index (χ3n) is 4.36. The van der Waals surface area contributed by atoms with E-state index in [9.17, 15) is 4.79 Å². The highest BCUT2D eigenvalue weighted by Gasteiger charge is 2.13. The van der Waals surface area contributed by atoms with Crippen molar-refractivity contribution in [2.45, 2.75) is 58.3 Å². The Bertz CT molecular complexity index is 672. The molecule has 0 atom stereocenters. The minimum absolute atomic E-state index is 0.0787. The lowest BCUT2D eigenvalue weighted by Gasteiger charge is -2.21. The number of nitrogens with zero attached hydrogens (tertiary/aromatic N) is 3. The quantitative estimate of drug-likeness (QED) is 0.885. The van der Waals surface area contributed by atoms with Crippen LogP contribution in [0.5, 0.6) is 0 Å². The standard InChI is InChI=1S/C16H24N4OS/c1-2-6-13-11-14(21)20-16(18-13)22-15(19-20)17-10-9-12-7-4-3-5-8-12/h11-12H,2-10H2,1H3,(H,17,19). The molecule has 1 aliphatic rings. The van der Waals surface area contributed by atoms with Gasteiger partial charge in [-0.25, -0.2) is 4.98 Å². The van der Waals surface area contributed by atoms with Crippen LogP contribution in [0, 0.1) is 5.92 Å². The average molecular weight is 320 g/mol. The van der Waals surface area contributed by atoms with Gasteiger partial charge >= 0.3 is 0 Å². The monoisotopic (exact) mass is 320 g/mol. The van der Waals surface area contributed by atoms with Gasteiger partial charge < -0.3 is 5.32 Å². The molecule has 0 aromatic carbocycles. The summed E-state index contributed by atoms with van der Waals surface area (Å²) in [6, 6.07) is 1.60. The van der Waals surface area contributed by atoms with E-state index < -0.39 is 0 Å². The fourth-order valence-corrected chi connectivity index (χ4v) is 4.02. The molecule has 3 rings (SSSR count). The number of rotatable bonds is 6. The van der Waals surface area contributed by atoms with Gasteiger partial charge in [0.15, 0.2) is 0 Å². The summed E-state index contributed by atoms with van der Waals surface area (Å²) in [7, 11) is 0. The number of aromatic nitrogens is 3. The van der Waals surface area contributed by atoms with E-state index in [0.29, 0.717) is 4.96 Å². The molecule has 1 aliphatic carbocycles. The zero-order valence-electron chi connectivity index (χ0n) is 13.2. The molecule has 0 spiro atoms. The zero-order valence-corrected chi connectivity index (χ0v) is 14.0. The Morgan fingerprint density at radius 2 is 2.18 bits per heavy atom. The van der Waals surface area contributed by atoms with Crippen molar-refractivity contribution in [3.63, 3.8) is 0 Å².